The van der Waals surface area contributed by atoms with Crippen LogP contribution in [0, 0.1) is 6.07 Å². The largest absolute Gasteiger partial charge is 0.512 e. The standard InChI is InChI=1S/C28H22NS.C5H8O2.Ir/c1-19(2)20-11-13-22(14-12-20)27-16-25-18-29-26(17-28(25)30-27)24-10-6-9-23(15-24)21-7-4-3-5-8-21;1-4(6)3-5(2)7;/h3-9,11-19H,1-2H3;3,6H,1-2H3;/q-1;;/b;4-3-;. The quantitative estimate of drug-likeness (QED) is 0.113. The van der Waals surface area contributed by atoms with Gasteiger partial charge in [0, 0.05) is 47.3 Å². The molecule has 0 spiro atoms. The molecule has 0 aliphatic rings. The van der Waals surface area contributed by atoms with Crippen LogP contribution in [-0.2, 0) is 24.9 Å². The molecular weight excluding hydrogens is 667 g/mol. The number of pyridine rings is 1. The van der Waals surface area contributed by atoms with Crippen molar-refractivity contribution in [3.63, 3.8) is 0 Å². The summed E-state index contributed by atoms with van der Waals surface area (Å²) in [6, 6.07) is 33.4. The van der Waals surface area contributed by atoms with Crippen molar-refractivity contribution in [2.24, 2.45) is 0 Å². The number of fused-ring (bicyclic) bond motifs is 1. The zero-order valence-corrected chi connectivity index (χ0v) is 25.1. The molecule has 2 aromatic heterocycles. The number of carbonyl (C=O) groups is 1. The fraction of sp³-hybridized carbons (Fsp3) is 0.152. The van der Waals surface area contributed by atoms with Crippen molar-refractivity contribution >= 4 is 27.2 Å². The summed E-state index contributed by atoms with van der Waals surface area (Å²) in [4.78, 5) is 16.0. The predicted octanol–water partition coefficient (Wildman–Crippen LogP) is 9.26. The van der Waals surface area contributed by atoms with Crippen molar-refractivity contribution in [2.75, 3.05) is 0 Å². The summed E-state index contributed by atoms with van der Waals surface area (Å²) in [5.74, 6) is 0.489. The van der Waals surface area contributed by atoms with Crippen LogP contribution in [0.3, 0.4) is 0 Å². The van der Waals surface area contributed by atoms with Gasteiger partial charge in [-0.25, -0.2) is 0 Å². The molecule has 38 heavy (non-hydrogen) atoms. The fourth-order valence-corrected chi connectivity index (χ4v) is 5.05. The van der Waals surface area contributed by atoms with Gasteiger partial charge in [-0.05, 0) is 48.2 Å². The summed E-state index contributed by atoms with van der Waals surface area (Å²) in [6.07, 6.45) is 3.15. The number of ketones is 1. The molecule has 0 fully saturated rings. The van der Waals surface area contributed by atoms with Gasteiger partial charge in [0.2, 0.25) is 0 Å². The number of aromatic nitrogens is 1. The van der Waals surface area contributed by atoms with Gasteiger partial charge in [0.05, 0.1) is 5.76 Å². The van der Waals surface area contributed by atoms with Crippen LogP contribution in [0.4, 0.5) is 0 Å². The van der Waals surface area contributed by atoms with Crippen molar-refractivity contribution in [2.45, 2.75) is 33.6 Å². The van der Waals surface area contributed by atoms with E-state index in [0.29, 0.717) is 5.92 Å². The van der Waals surface area contributed by atoms with Crippen LogP contribution < -0.4 is 0 Å². The topological polar surface area (TPSA) is 50.2 Å². The van der Waals surface area contributed by atoms with Gasteiger partial charge >= 0.3 is 0 Å². The molecule has 195 valence electrons. The minimum atomic E-state index is -0.125. The van der Waals surface area contributed by atoms with Gasteiger partial charge in [-0.2, -0.15) is 0 Å². The van der Waals surface area contributed by atoms with Crippen molar-refractivity contribution < 1.29 is 30.0 Å². The maximum atomic E-state index is 10.0. The predicted molar refractivity (Wildman–Crippen MR) is 156 cm³/mol. The first-order valence-corrected chi connectivity index (χ1v) is 13.1. The minimum Gasteiger partial charge on any atom is -0.512 e. The summed E-state index contributed by atoms with van der Waals surface area (Å²) in [7, 11) is 0. The number of carbonyl (C=O) groups excluding carboxylic acids is 1. The molecule has 1 N–H and O–H groups in total. The van der Waals surface area contributed by atoms with E-state index in [1.54, 1.807) is 0 Å². The van der Waals surface area contributed by atoms with E-state index in [9.17, 15) is 4.79 Å². The Labute approximate surface area is 242 Å². The summed E-state index contributed by atoms with van der Waals surface area (Å²) in [5.41, 5.74) is 7.01. The normalized spacial score (nSPS) is 11.0. The number of thiophene rings is 1. The second-order valence-corrected chi connectivity index (χ2v) is 10.3. The van der Waals surface area contributed by atoms with Crippen molar-refractivity contribution in [3.05, 3.63) is 115 Å². The summed E-state index contributed by atoms with van der Waals surface area (Å²) >= 11 is 1.82. The zero-order valence-electron chi connectivity index (χ0n) is 21.9. The van der Waals surface area contributed by atoms with E-state index in [1.165, 1.54) is 57.1 Å². The Morgan fingerprint density at radius 3 is 2.24 bits per heavy atom. The van der Waals surface area contributed by atoms with Gasteiger partial charge in [-0.1, -0.05) is 74.5 Å². The molecule has 0 saturated heterocycles. The SMILES string of the molecule is CC(=O)/C=C(/C)O.CC(C)c1ccc(-c2cc3cnc(-c4[c-]ccc(-c5ccccc5)c4)cc3s2)cc1.[Ir]. The zero-order chi connectivity index (χ0) is 26.4. The minimum absolute atomic E-state index is 0. The molecule has 5 rings (SSSR count). The molecule has 0 aliphatic carbocycles. The number of hydrogen-bond donors (Lipinski definition) is 1. The van der Waals surface area contributed by atoms with Crippen LogP contribution in [0.25, 0.3) is 42.9 Å². The second-order valence-electron chi connectivity index (χ2n) is 9.25. The van der Waals surface area contributed by atoms with Crippen LogP contribution in [0.2, 0.25) is 0 Å². The molecule has 0 unspecified atom stereocenters. The van der Waals surface area contributed by atoms with Crippen molar-refractivity contribution in [3.8, 4) is 32.8 Å². The van der Waals surface area contributed by atoms with Crippen LogP contribution >= 0.6 is 11.3 Å². The number of allylic oxidation sites excluding steroid dienone is 2. The Bertz CT molecular complexity index is 1530. The van der Waals surface area contributed by atoms with E-state index in [-0.39, 0.29) is 31.6 Å². The molecule has 0 bridgehead atoms. The van der Waals surface area contributed by atoms with Crippen molar-refractivity contribution in [1.29, 1.82) is 0 Å². The van der Waals surface area contributed by atoms with Gasteiger partial charge in [0.25, 0.3) is 0 Å². The monoisotopic (exact) mass is 697 g/mol. The molecule has 0 amide bonds. The van der Waals surface area contributed by atoms with Gasteiger partial charge in [0.15, 0.2) is 5.78 Å². The van der Waals surface area contributed by atoms with E-state index in [1.807, 2.05) is 29.7 Å². The fourth-order valence-electron chi connectivity index (χ4n) is 3.97. The molecule has 5 aromatic rings. The van der Waals surface area contributed by atoms with Crippen molar-refractivity contribution in [1.82, 2.24) is 4.98 Å². The van der Waals surface area contributed by atoms with E-state index < -0.39 is 0 Å². The first kappa shape index (κ1) is 29.2. The van der Waals surface area contributed by atoms with Gasteiger partial charge in [0.1, 0.15) is 0 Å². The molecule has 3 aromatic carbocycles. The number of rotatable bonds is 5. The number of benzene rings is 3. The molecule has 5 heteroatoms. The number of aliphatic hydroxyl groups is 1. The Balaban J connectivity index is 0.000000444. The van der Waals surface area contributed by atoms with E-state index in [4.69, 9.17) is 10.1 Å². The maximum Gasteiger partial charge on any atom is 0.155 e. The van der Waals surface area contributed by atoms with Crippen LogP contribution in [0.1, 0.15) is 39.2 Å². The maximum absolute atomic E-state index is 10.0. The smallest absolute Gasteiger partial charge is 0.155 e. The van der Waals surface area contributed by atoms with E-state index in [2.05, 4.69) is 92.7 Å². The number of hydrogen-bond acceptors (Lipinski definition) is 4. The number of nitrogens with zero attached hydrogens (tertiary/aromatic N) is 1. The molecule has 2 heterocycles. The summed E-state index contributed by atoms with van der Waals surface area (Å²) in [5, 5.41) is 9.55. The third-order valence-corrected chi connectivity index (χ3v) is 7.01. The first-order chi connectivity index (χ1) is 17.8. The molecule has 0 aliphatic heterocycles. The first-order valence-electron chi connectivity index (χ1n) is 12.3. The molecule has 0 saturated carbocycles. The average molecular weight is 697 g/mol. The second kappa shape index (κ2) is 13.4. The number of aliphatic hydroxyl groups excluding tert-OH is 1. The van der Waals surface area contributed by atoms with Crippen LogP contribution in [0.5, 0.6) is 0 Å². The Morgan fingerprint density at radius 2 is 1.63 bits per heavy atom. The Hall–Kier alpha value is -3.37. The van der Waals surface area contributed by atoms with E-state index >= 15 is 0 Å². The average Bonchev–Trinajstić information content (AvgIpc) is 3.32. The van der Waals surface area contributed by atoms with E-state index in [0.717, 1.165) is 11.3 Å². The van der Waals surface area contributed by atoms with Gasteiger partial charge in [-0.15, -0.1) is 46.7 Å². The Morgan fingerprint density at radius 1 is 0.921 bits per heavy atom. The molecular formula is C33H30IrNO2S-. The van der Waals surface area contributed by atoms with Gasteiger partial charge in [-0.3, -0.25) is 4.79 Å². The Kier molecular flexibility index (Phi) is 10.3. The third-order valence-electron chi connectivity index (χ3n) is 5.86. The van der Waals surface area contributed by atoms with Crippen LogP contribution in [-0.4, -0.2) is 15.9 Å². The summed E-state index contributed by atoms with van der Waals surface area (Å²) in [6.45, 7) is 7.30. The third kappa shape index (κ3) is 7.58. The molecule has 0 atom stereocenters. The van der Waals surface area contributed by atoms with Gasteiger partial charge < -0.3 is 10.1 Å². The molecule has 1 radical (unpaired) electrons. The van der Waals surface area contributed by atoms with Crippen LogP contribution in [0.15, 0.2) is 103 Å². The summed E-state index contributed by atoms with van der Waals surface area (Å²) < 4.78 is 1.25. The molecule has 3 nitrogen and oxygen atoms in total.